The molecule has 1 aromatic heterocycles. The van der Waals surface area contributed by atoms with Gasteiger partial charge < -0.3 is 5.73 Å². The minimum Gasteiger partial charge on any atom is -0.384 e. The highest BCUT2D eigenvalue weighted by Gasteiger charge is 2.32. The molecular formula is C13H5BrCl2FN3O3. The molecule has 3 N–H and O–H groups in total. The van der Waals surface area contributed by atoms with E-state index in [1.54, 1.807) is 0 Å². The third kappa shape index (κ3) is 2.25. The summed E-state index contributed by atoms with van der Waals surface area (Å²) >= 11 is 14.6. The summed E-state index contributed by atoms with van der Waals surface area (Å²) in [4.78, 5) is 35.7. The number of fused-ring (bicyclic) bond motifs is 1. The second-order valence-corrected chi connectivity index (χ2v) is 6.17. The zero-order valence-corrected chi connectivity index (χ0v) is 14.0. The fraction of sp³-hybridized carbons (Fsp3) is 0. The molecule has 1 aliphatic rings. The number of pyridine rings is 1. The number of hydrogen-bond acceptors (Lipinski definition) is 4. The van der Waals surface area contributed by atoms with Crippen LogP contribution in [0.3, 0.4) is 0 Å². The molecule has 0 fully saturated rings. The lowest BCUT2D eigenvalue weighted by atomic mass is 10.1. The van der Waals surface area contributed by atoms with E-state index < -0.39 is 23.2 Å². The number of halogens is 4. The molecule has 0 bridgehead atoms. The number of carbonyl (C=O) groups excluding carboxylic acids is 2. The van der Waals surface area contributed by atoms with E-state index in [0.717, 1.165) is 16.7 Å². The van der Waals surface area contributed by atoms with Crippen molar-refractivity contribution in [2.24, 2.45) is 0 Å². The van der Waals surface area contributed by atoms with E-state index in [-0.39, 0.29) is 37.2 Å². The van der Waals surface area contributed by atoms with Gasteiger partial charge in [-0.15, -0.1) is 0 Å². The van der Waals surface area contributed by atoms with Crippen molar-refractivity contribution in [3.8, 4) is 5.69 Å². The van der Waals surface area contributed by atoms with Crippen LogP contribution in [0.4, 0.5) is 10.2 Å². The van der Waals surface area contributed by atoms with Crippen LogP contribution in [0.5, 0.6) is 0 Å². The predicted molar refractivity (Wildman–Crippen MR) is 85.9 cm³/mol. The third-order valence-electron chi connectivity index (χ3n) is 3.28. The van der Waals surface area contributed by atoms with Crippen LogP contribution in [-0.2, 0) is 0 Å². The highest BCUT2D eigenvalue weighted by Crippen LogP contribution is 2.36. The van der Waals surface area contributed by atoms with Gasteiger partial charge in [0.1, 0.15) is 5.82 Å². The summed E-state index contributed by atoms with van der Waals surface area (Å²) in [6, 6.07) is 2.09. The Bertz CT molecular complexity index is 974. The van der Waals surface area contributed by atoms with Crippen molar-refractivity contribution < 1.29 is 14.0 Å². The van der Waals surface area contributed by atoms with Crippen molar-refractivity contribution in [2.45, 2.75) is 0 Å². The first-order valence-corrected chi connectivity index (χ1v) is 7.53. The summed E-state index contributed by atoms with van der Waals surface area (Å²) in [6.45, 7) is 0. The highest BCUT2D eigenvalue weighted by atomic mass is 79.9. The first-order chi connectivity index (χ1) is 10.7. The van der Waals surface area contributed by atoms with Gasteiger partial charge in [-0.3, -0.25) is 24.3 Å². The average Bonchev–Trinajstić information content (AvgIpc) is 2.76. The van der Waals surface area contributed by atoms with Crippen LogP contribution in [0.25, 0.3) is 5.69 Å². The van der Waals surface area contributed by atoms with Crippen molar-refractivity contribution in [2.75, 3.05) is 5.73 Å². The van der Waals surface area contributed by atoms with Crippen LogP contribution < -0.4 is 16.6 Å². The van der Waals surface area contributed by atoms with Gasteiger partial charge in [0.15, 0.2) is 5.82 Å². The Balaban J connectivity index is 2.41. The van der Waals surface area contributed by atoms with Gasteiger partial charge in [0.05, 0.1) is 31.3 Å². The molecule has 1 aliphatic heterocycles. The standard InChI is InChI=1S/C13H5BrCl2FN3O3/c14-8-5(2-4(15)10(17)9(8)16)20-6(21)1-3-7(11(20)18)13(23)19-12(3)22/h1-2H,18H2,(H,19,22,23). The molecule has 0 unspecified atom stereocenters. The van der Waals surface area contributed by atoms with Crippen LogP contribution in [0.2, 0.25) is 10.0 Å². The normalized spacial score (nSPS) is 13.2. The smallest absolute Gasteiger partial charge is 0.262 e. The zero-order chi connectivity index (χ0) is 17.0. The summed E-state index contributed by atoms with van der Waals surface area (Å²) in [5, 5.41) is 1.36. The van der Waals surface area contributed by atoms with Crippen LogP contribution in [0.1, 0.15) is 20.7 Å². The maximum absolute atomic E-state index is 13.7. The fourth-order valence-electron chi connectivity index (χ4n) is 2.25. The Morgan fingerprint density at radius 3 is 2.48 bits per heavy atom. The number of carbonyl (C=O) groups is 2. The lowest BCUT2D eigenvalue weighted by molar-refractivity contribution is 0.0880. The van der Waals surface area contributed by atoms with Gasteiger partial charge >= 0.3 is 0 Å². The fourth-order valence-corrected chi connectivity index (χ4v) is 3.16. The topological polar surface area (TPSA) is 94.2 Å². The molecule has 0 spiro atoms. The number of nitrogens with one attached hydrogen (secondary N) is 1. The van der Waals surface area contributed by atoms with Gasteiger partial charge in [0, 0.05) is 6.07 Å². The number of hydrogen-bond donors (Lipinski definition) is 2. The summed E-state index contributed by atoms with van der Waals surface area (Å²) in [5.41, 5.74) is 4.95. The maximum atomic E-state index is 13.7. The Kier molecular flexibility index (Phi) is 3.70. The first-order valence-electron chi connectivity index (χ1n) is 5.98. The van der Waals surface area contributed by atoms with E-state index in [2.05, 4.69) is 15.9 Å². The second-order valence-electron chi connectivity index (χ2n) is 4.59. The van der Waals surface area contributed by atoms with Gasteiger partial charge in [-0.1, -0.05) is 23.2 Å². The van der Waals surface area contributed by atoms with E-state index in [1.807, 2.05) is 5.32 Å². The number of anilines is 1. The molecule has 0 saturated carbocycles. The number of aromatic nitrogens is 1. The number of nitrogens with zero attached hydrogens (tertiary/aromatic N) is 1. The van der Waals surface area contributed by atoms with E-state index in [9.17, 15) is 18.8 Å². The van der Waals surface area contributed by atoms with Gasteiger partial charge in [0.25, 0.3) is 17.4 Å². The van der Waals surface area contributed by atoms with E-state index in [0.29, 0.717) is 0 Å². The van der Waals surface area contributed by atoms with Crippen molar-refractivity contribution in [3.63, 3.8) is 0 Å². The molecule has 10 heteroatoms. The molecule has 23 heavy (non-hydrogen) atoms. The van der Waals surface area contributed by atoms with Gasteiger partial charge in [0.2, 0.25) is 0 Å². The molecule has 0 atom stereocenters. The van der Waals surface area contributed by atoms with Crippen molar-refractivity contribution in [1.29, 1.82) is 0 Å². The van der Waals surface area contributed by atoms with E-state index in [4.69, 9.17) is 28.9 Å². The largest absolute Gasteiger partial charge is 0.384 e. The number of imide groups is 1. The van der Waals surface area contributed by atoms with Crippen LogP contribution in [0.15, 0.2) is 21.4 Å². The highest BCUT2D eigenvalue weighted by molar-refractivity contribution is 9.10. The summed E-state index contributed by atoms with van der Waals surface area (Å²) in [7, 11) is 0. The molecular weight excluding hydrogens is 416 g/mol. The Morgan fingerprint density at radius 2 is 1.83 bits per heavy atom. The maximum Gasteiger partial charge on any atom is 0.262 e. The molecule has 6 nitrogen and oxygen atoms in total. The van der Waals surface area contributed by atoms with Crippen LogP contribution in [0, 0.1) is 5.82 Å². The first kappa shape index (κ1) is 16.0. The number of rotatable bonds is 1. The Labute approximate surface area is 146 Å². The SMILES string of the molecule is Nc1c2c(cc(=O)n1-c1cc(Cl)c(F)c(Cl)c1Br)C(=O)NC2=O. The van der Waals surface area contributed by atoms with Gasteiger partial charge in [-0.2, -0.15) is 0 Å². The molecule has 1 aromatic carbocycles. The molecule has 118 valence electrons. The van der Waals surface area contributed by atoms with E-state index >= 15 is 0 Å². The minimum absolute atomic E-state index is 0.0274. The number of nitrogen functional groups attached to an aromatic ring is 1. The predicted octanol–water partition coefficient (Wildman–Crippen LogP) is 2.51. The third-order valence-corrected chi connectivity index (χ3v) is 4.94. The van der Waals surface area contributed by atoms with Crippen LogP contribution >= 0.6 is 39.1 Å². The molecule has 0 radical (unpaired) electrons. The molecule has 2 amide bonds. The van der Waals surface area contributed by atoms with Crippen molar-refractivity contribution in [3.05, 3.63) is 53.9 Å². The molecule has 0 saturated heterocycles. The number of benzene rings is 1. The zero-order valence-electron chi connectivity index (χ0n) is 10.9. The lowest BCUT2D eigenvalue weighted by Gasteiger charge is -2.15. The molecule has 3 rings (SSSR count). The molecule has 2 heterocycles. The summed E-state index contributed by atoms with van der Waals surface area (Å²) in [6.07, 6.45) is 0. The monoisotopic (exact) mass is 419 g/mol. The molecule has 0 aliphatic carbocycles. The Morgan fingerprint density at radius 1 is 1.17 bits per heavy atom. The Hall–Kier alpha value is -1.90. The molecule has 2 aromatic rings. The van der Waals surface area contributed by atoms with Gasteiger partial charge in [-0.05, 0) is 22.0 Å². The quantitative estimate of drug-likeness (QED) is 0.421. The summed E-state index contributed by atoms with van der Waals surface area (Å²) < 4.78 is 14.6. The van der Waals surface area contributed by atoms with E-state index in [1.165, 1.54) is 0 Å². The van der Waals surface area contributed by atoms with Crippen molar-refractivity contribution >= 4 is 56.8 Å². The number of amides is 2. The summed E-state index contributed by atoms with van der Waals surface area (Å²) in [5.74, 6) is -2.60. The van der Waals surface area contributed by atoms with Gasteiger partial charge in [-0.25, -0.2) is 4.39 Å². The lowest BCUT2D eigenvalue weighted by Crippen LogP contribution is -2.24. The average molecular weight is 421 g/mol. The second kappa shape index (κ2) is 5.33. The van der Waals surface area contributed by atoms with Crippen molar-refractivity contribution in [1.82, 2.24) is 9.88 Å². The number of nitrogens with two attached hydrogens (primary N) is 1. The minimum atomic E-state index is -0.871. The van der Waals surface area contributed by atoms with Crippen LogP contribution in [-0.4, -0.2) is 16.4 Å².